The van der Waals surface area contributed by atoms with Crippen LogP contribution in [0.1, 0.15) is 6.92 Å². The Morgan fingerprint density at radius 3 is 2.56 bits per heavy atom. The highest BCUT2D eigenvalue weighted by atomic mass is 79.9. The minimum atomic E-state index is -0.791. The van der Waals surface area contributed by atoms with Gasteiger partial charge >= 0.3 is 0 Å². The third kappa shape index (κ3) is 4.05. The fraction of sp³-hybridized carbons (Fsp3) is 0.556. The summed E-state index contributed by atoms with van der Waals surface area (Å²) in [6, 6.07) is 0. The molecule has 0 bridgehead atoms. The summed E-state index contributed by atoms with van der Waals surface area (Å²) < 4.78 is 11.7. The third-order valence-electron chi connectivity index (χ3n) is 1.82. The number of hydrogen-bond acceptors (Lipinski definition) is 5. The highest BCUT2D eigenvalue weighted by Gasteiger charge is 2.07. The summed E-state index contributed by atoms with van der Waals surface area (Å²) in [6.45, 7) is 3.43. The summed E-state index contributed by atoms with van der Waals surface area (Å²) in [5.41, 5.74) is 0. The monoisotopic (exact) mass is 306 g/mol. The Hall–Kier alpha value is -0.690. The van der Waals surface area contributed by atoms with Crippen LogP contribution in [-0.4, -0.2) is 39.3 Å². The van der Waals surface area contributed by atoms with Gasteiger partial charge in [0.15, 0.2) is 0 Å². The predicted molar refractivity (Wildman–Crippen MR) is 71.3 cm³/mol. The largest absolute Gasteiger partial charge is 0.369 e. The molecule has 2 N–H and O–H groups in total. The van der Waals surface area contributed by atoms with Crippen LogP contribution < -0.4 is 10.6 Å². The van der Waals surface area contributed by atoms with Gasteiger partial charge in [-0.25, -0.2) is 9.97 Å². The van der Waals surface area contributed by atoms with Gasteiger partial charge in [0.1, 0.15) is 22.4 Å². The first-order valence-electron chi connectivity index (χ1n) is 4.93. The molecule has 0 fully saturated rings. The Balaban J connectivity index is 2.65. The molecule has 0 spiro atoms. The molecule has 1 rings (SSSR count). The first-order valence-corrected chi connectivity index (χ1v) is 7.45. The van der Waals surface area contributed by atoms with Crippen molar-refractivity contribution in [3.05, 3.63) is 10.8 Å². The van der Waals surface area contributed by atoms with E-state index in [-0.39, 0.29) is 0 Å². The summed E-state index contributed by atoms with van der Waals surface area (Å²) in [5.74, 6) is 2.08. The van der Waals surface area contributed by atoms with Crippen molar-refractivity contribution in [2.45, 2.75) is 6.92 Å². The van der Waals surface area contributed by atoms with E-state index in [0.717, 1.165) is 22.7 Å². The number of anilines is 2. The number of nitrogens with zero attached hydrogens (tertiary/aromatic N) is 2. The second kappa shape index (κ2) is 6.80. The third-order valence-corrected chi connectivity index (χ3v) is 3.35. The SMILES string of the molecule is CCNc1ncnc(NCCS(C)=O)c1Br. The van der Waals surface area contributed by atoms with Crippen LogP contribution in [0.5, 0.6) is 0 Å². The smallest absolute Gasteiger partial charge is 0.145 e. The molecule has 0 saturated heterocycles. The summed E-state index contributed by atoms with van der Waals surface area (Å²) in [4.78, 5) is 8.21. The van der Waals surface area contributed by atoms with E-state index >= 15 is 0 Å². The number of halogens is 1. The van der Waals surface area contributed by atoms with Crippen LogP contribution in [0.25, 0.3) is 0 Å². The van der Waals surface area contributed by atoms with E-state index in [2.05, 4.69) is 36.5 Å². The van der Waals surface area contributed by atoms with Crippen LogP contribution in [0.15, 0.2) is 10.8 Å². The van der Waals surface area contributed by atoms with Crippen molar-refractivity contribution in [1.82, 2.24) is 9.97 Å². The van der Waals surface area contributed by atoms with E-state index < -0.39 is 10.8 Å². The first-order chi connectivity index (χ1) is 7.65. The molecule has 0 aliphatic carbocycles. The number of nitrogens with one attached hydrogen (secondary N) is 2. The minimum Gasteiger partial charge on any atom is -0.369 e. The molecule has 7 heteroatoms. The Kier molecular flexibility index (Phi) is 5.68. The summed E-state index contributed by atoms with van der Waals surface area (Å²) >= 11 is 3.42. The molecular weight excluding hydrogens is 292 g/mol. The fourth-order valence-electron chi connectivity index (χ4n) is 1.10. The lowest BCUT2D eigenvalue weighted by atomic mass is 10.5. The highest BCUT2D eigenvalue weighted by Crippen LogP contribution is 2.25. The lowest BCUT2D eigenvalue weighted by molar-refractivity contribution is 0.687. The van der Waals surface area contributed by atoms with Crippen molar-refractivity contribution in [2.24, 2.45) is 0 Å². The summed E-state index contributed by atoms with van der Waals surface area (Å²) in [7, 11) is -0.791. The fourth-order valence-corrected chi connectivity index (χ4v) is 1.97. The predicted octanol–water partition coefficient (Wildman–Crippen LogP) is 1.46. The van der Waals surface area contributed by atoms with Gasteiger partial charge in [0.25, 0.3) is 0 Å². The number of rotatable bonds is 6. The van der Waals surface area contributed by atoms with Crippen molar-refractivity contribution in [2.75, 3.05) is 35.7 Å². The maximum Gasteiger partial charge on any atom is 0.145 e. The Bertz CT molecular complexity index is 375. The van der Waals surface area contributed by atoms with Crippen molar-refractivity contribution in [3.63, 3.8) is 0 Å². The molecule has 0 saturated carbocycles. The van der Waals surface area contributed by atoms with E-state index in [9.17, 15) is 4.21 Å². The lowest BCUT2D eigenvalue weighted by Gasteiger charge is -2.10. The summed E-state index contributed by atoms with van der Waals surface area (Å²) in [6.07, 6.45) is 3.18. The van der Waals surface area contributed by atoms with Crippen molar-refractivity contribution in [3.8, 4) is 0 Å². The van der Waals surface area contributed by atoms with Gasteiger partial charge in [-0.05, 0) is 22.9 Å². The minimum absolute atomic E-state index is 0.604. The van der Waals surface area contributed by atoms with Crippen LogP contribution in [0, 0.1) is 0 Å². The molecule has 1 aromatic heterocycles. The Labute approximate surface area is 106 Å². The molecule has 1 aromatic rings. The molecule has 16 heavy (non-hydrogen) atoms. The zero-order chi connectivity index (χ0) is 12.0. The van der Waals surface area contributed by atoms with Gasteiger partial charge in [0.05, 0.1) is 0 Å². The van der Waals surface area contributed by atoms with E-state index in [4.69, 9.17) is 0 Å². The van der Waals surface area contributed by atoms with Gasteiger partial charge < -0.3 is 10.6 Å². The van der Waals surface area contributed by atoms with E-state index in [0.29, 0.717) is 12.3 Å². The van der Waals surface area contributed by atoms with Crippen molar-refractivity contribution in [1.29, 1.82) is 0 Å². The molecule has 0 amide bonds. The topological polar surface area (TPSA) is 66.9 Å². The van der Waals surface area contributed by atoms with Gasteiger partial charge in [-0.1, -0.05) is 0 Å². The van der Waals surface area contributed by atoms with Crippen LogP contribution in [0.3, 0.4) is 0 Å². The van der Waals surface area contributed by atoms with Gasteiger partial charge in [-0.15, -0.1) is 0 Å². The maximum atomic E-state index is 10.9. The first kappa shape index (κ1) is 13.4. The number of hydrogen-bond donors (Lipinski definition) is 2. The molecule has 0 aliphatic heterocycles. The summed E-state index contributed by atoms with van der Waals surface area (Å²) in [5, 5.41) is 6.23. The molecular formula is C9H15BrN4OS. The molecule has 5 nitrogen and oxygen atoms in total. The van der Waals surface area contributed by atoms with Crippen LogP contribution in [0.4, 0.5) is 11.6 Å². The Morgan fingerprint density at radius 1 is 1.38 bits per heavy atom. The zero-order valence-corrected chi connectivity index (χ0v) is 11.7. The lowest BCUT2D eigenvalue weighted by Crippen LogP contribution is -2.12. The van der Waals surface area contributed by atoms with Gasteiger partial charge in [0.2, 0.25) is 0 Å². The molecule has 0 radical (unpaired) electrons. The molecule has 90 valence electrons. The quantitative estimate of drug-likeness (QED) is 0.833. The Morgan fingerprint density at radius 2 is 2.00 bits per heavy atom. The van der Waals surface area contributed by atoms with E-state index in [1.54, 1.807) is 6.26 Å². The van der Waals surface area contributed by atoms with Crippen molar-refractivity contribution < 1.29 is 4.21 Å². The van der Waals surface area contributed by atoms with Crippen LogP contribution >= 0.6 is 15.9 Å². The average Bonchev–Trinajstić information content (AvgIpc) is 2.23. The van der Waals surface area contributed by atoms with E-state index in [1.807, 2.05) is 6.92 Å². The number of aromatic nitrogens is 2. The van der Waals surface area contributed by atoms with E-state index in [1.165, 1.54) is 6.33 Å². The average molecular weight is 307 g/mol. The van der Waals surface area contributed by atoms with Gasteiger partial charge in [-0.2, -0.15) is 0 Å². The molecule has 0 aliphatic rings. The van der Waals surface area contributed by atoms with Gasteiger partial charge in [-0.3, -0.25) is 4.21 Å². The second-order valence-electron chi connectivity index (χ2n) is 3.12. The molecule has 1 atom stereocenters. The molecule has 1 unspecified atom stereocenters. The maximum absolute atomic E-state index is 10.9. The molecule has 1 heterocycles. The second-order valence-corrected chi connectivity index (χ2v) is 5.47. The zero-order valence-electron chi connectivity index (χ0n) is 9.29. The van der Waals surface area contributed by atoms with Crippen molar-refractivity contribution >= 4 is 38.4 Å². The van der Waals surface area contributed by atoms with Crippen LogP contribution in [0.2, 0.25) is 0 Å². The highest BCUT2D eigenvalue weighted by molar-refractivity contribution is 9.10. The molecule has 0 aromatic carbocycles. The standard InChI is InChI=1S/C9H15BrN4OS/c1-3-11-8-7(10)9(14-6-13-8)12-4-5-16(2)15/h6H,3-5H2,1-2H3,(H2,11,12,13,14). The van der Waals surface area contributed by atoms with Gasteiger partial charge in [0, 0.05) is 35.9 Å². The van der Waals surface area contributed by atoms with Crippen LogP contribution in [-0.2, 0) is 10.8 Å². The normalized spacial score (nSPS) is 12.2.